The SMILES string of the molecule is CC1CCN(C(=O)CN(Cc2ccc3c(c2)OCO3)S(C)(=O)=O)CC1. The number of hydrogen-bond donors (Lipinski definition) is 0. The Balaban J connectivity index is 1.69. The first-order valence-electron chi connectivity index (χ1n) is 8.44. The van der Waals surface area contributed by atoms with E-state index >= 15 is 0 Å². The van der Waals surface area contributed by atoms with Gasteiger partial charge in [-0.15, -0.1) is 0 Å². The monoisotopic (exact) mass is 368 g/mol. The summed E-state index contributed by atoms with van der Waals surface area (Å²) in [6, 6.07) is 5.30. The largest absolute Gasteiger partial charge is 0.454 e. The van der Waals surface area contributed by atoms with Crippen LogP contribution in [0.5, 0.6) is 11.5 Å². The van der Waals surface area contributed by atoms with Gasteiger partial charge in [-0.05, 0) is 36.5 Å². The maximum Gasteiger partial charge on any atom is 0.237 e. The van der Waals surface area contributed by atoms with Crippen LogP contribution in [0.15, 0.2) is 18.2 Å². The maximum absolute atomic E-state index is 12.5. The zero-order valence-electron chi connectivity index (χ0n) is 14.6. The Hall–Kier alpha value is -1.80. The van der Waals surface area contributed by atoms with E-state index in [2.05, 4.69) is 6.92 Å². The van der Waals surface area contributed by atoms with Crippen molar-refractivity contribution in [1.82, 2.24) is 9.21 Å². The number of rotatable bonds is 5. The van der Waals surface area contributed by atoms with Crippen LogP contribution in [0.3, 0.4) is 0 Å². The van der Waals surface area contributed by atoms with E-state index in [1.165, 1.54) is 4.31 Å². The Labute approximate surface area is 148 Å². The molecule has 0 radical (unpaired) electrons. The zero-order valence-corrected chi connectivity index (χ0v) is 15.4. The summed E-state index contributed by atoms with van der Waals surface area (Å²) in [4.78, 5) is 14.3. The summed E-state index contributed by atoms with van der Waals surface area (Å²) < 4.78 is 36.1. The van der Waals surface area contributed by atoms with Gasteiger partial charge >= 0.3 is 0 Å². The fraction of sp³-hybridized carbons (Fsp3) is 0.588. The predicted octanol–water partition coefficient (Wildman–Crippen LogP) is 1.44. The van der Waals surface area contributed by atoms with Crippen LogP contribution in [-0.4, -0.2) is 56.2 Å². The van der Waals surface area contributed by atoms with E-state index in [0.717, 1.165) is 24.7 Å². The lowest BCUT2D eigenvalue weighted by atomic mass is 9.99. The van der Waals surface area contributed by atoms with Crippen molar-refractivity contribution in [3.63, 3.8) is 0 Å². The number of piperidine rings is 1. The second kappa shape index (κ2) is 7.21. The molecule has 0 aromatic heterocycles. The van der Waals surface area contributed by atoms with Crippen molar-refractivity contribution in [2.45, 2.75) is 26.3 Å². The van der Waals surface area contributed by atoms with E-state index < -0.39 is 10.0 Å². The number of carbonyl (C=O) groups excluding carboxylic acids is 1. The fourth-order valence-corrected chi connectivity index (χ4v) is 3.77. The zero-order chi connectivity index (χ0) is 18.0. The molecule has 1 fully saturated rings. The van der Waals surface area contributed by atoms with Gasteiger partial charge in [0.25, 0.3) is 0 Å². The highest BCUT2D eigenvalue weighted by Crippen LogP contribution is 2.33. The summed E-state index contributed by atoms with van der Waals surface area (Å²) in [6.07, 6.45) is 3.06. The van der Waals surface area contributed by atoms with Crippen molar-refractivity contribution in [2.75, 3.05) is 32.7 Å². The number of nitrogens with zero attached hydrogens (tertiary/aromatic N) is 2. The number of benzene rings is 1. The molecule has 2 aliphatic heterocycles. The molecule has 7 nitrogen and oxygen atoms in total. The minimum Gasteiger partial charge on any atom is -0.454 e. The van der Waals surface area contributed by atoms with Crippen molar-refractivity contribution >= 4 is 15.9 Å². The molecule has 0 unspecified atom stereocenters. The molecule has 2 heterocycles. The molecular formula is C17H24N2O5S. The first kappa shape index (κ1) is 18.0. The van der Waals surface area contributed by atoms with Crippen LogP contribution in [0.2, 0.25) is 0 Å². The van der Waals surface area contributed by atoms with Crippen LogP contribution in [0.4, 0.5) is 0 Å². The van der Waals surface area contributed by atoms with E-state index in [9.17, 15) is 13.2 Å². The highest BCUT2D eigenvalue weighted by Gasteiger charge is 2.26. The molecule has 1 aromatic carbocycles. The van der Waals surface area contributed by atoms with Crippen molar-refractivity contribution in [2.24, 2.45) is 5.92 Å². The second-order valence-corrected chi connectivity index (χ2v) is 8.76. The quantitative estimate of drug-likeness (QED) is 0.786. The first-order chi connectivity index (χ1) is 11.8. The van der Waals surface area contributed by atoms with Gasteiger partial charge in [0.2, 0.25) is 22.7 Å². The molecule has 0 saturated carbocycles. The number of ether oxygens (including phenoxy) is 2. The molecule has 25 heavy (non-hydrogen) atoms. The lowest BCUT2D eigenvalue weighted by Crippen LogP contribution is -2.45. The molecule has 0 aliphatic carbocycles. The average molecular weight is 368 g/mol. The summed E-state index contributed by atoms with van der Waals surface area (Å²) >= 11 is 0. The second-order valence-electron chi connectivity index (χ2n) is 6.78. The van der Waals surface area contributed by atoms with Gasteiger partial charge in [-0.25, -0.2) is 8.42 Å². The van der Waals surface area contributed by atoms with E-state index in [4.69, 9.17) is 9.47 Å². The molecular weight excluding hydrogens is 344 g/mol. The van der Waals surface area contributed by atoms with Crippen molar-refractivity contribution in [3.05, 3.63) is 23.8 Å². The molecule has 0 spiro atoms. The molecule has 1 aromatic rings. The molecule has 0 atom stereocenters. The van der Waals surface area contributed by atoms with Gasteiger partial charge in [0.05, 0.1) is 12.8 Å². The summed E-state index contributed by atoms with van der Waals surface area (Å²) in [7, 11) is -3.51. The van der Waals surface area contributed by atoms with Gasteiger partial charge in [-0.2, -0.15) is 4.31 Å². The Kier molecular flexibility index (Phi) is 5.19. The lowest BCUT2D eigenvalue weighted by Gasteiger charge is -2.32. The Morgan fingerprint density at radius 1 is 1.24 bits per heavy atom. The Bertz CT molecular complexity index is 741. The summed E-state index contributed by atoms with van der Waals surface area (Å²) in [5.41, 5.74) is 0.759. The van der Waals surface area contributed by atoms with Crippen molar-refractivity contribution in [1.29, 1.82) is 0 Å². The van der Waals surface area contributed by atoms with Gasteiger partial charge in [0.1, 0.15) is 0 Å². The van der Waals surface area contributed by atoms with Crippen LogP contribution < -0.4 is 9.47 Å². The predicted molar refractivity (Wildman–Crippen MR) is 92.8 cm³/mol. The molecule has 8 heteroatoms. The lowest BCUT2D eigenvalue weighted by molar-refractivity contribution is -0.132. The topological polar surface area (TPSA) is 76.2 Å². The normalized spacial score (nSPS) is 18.0. The highest BCUT2D eigenvalue weighted by atomic mass is 32.2. The fourth-order valence-electron chi connectivity index (χ4n) is 3.04. The number of amides is 1. The standard InChI is InChI=1S/C17H24N2O5S/c1-13-5-7-18(8-6-13)17(20)11-19(25(2,21)22)10-14-3-4-15-16(9-14)24-12-23-15/h3-4,9,13H,5-8,10-12H2,1-2H3. The Morgan fingerprint density at radius 2 is 1.92 bits per heavy atom. The van der Waals surface area contributed by atoms with Gasteiger partial charge < -0.3 is 14.4 Å². The van der Waals surface area contributed by atoms with E-state index in [1.807, 2.05) is 0 Å². The van der Waals surface area contributed by atoms with Crippen LogP contribution in [0.1, 0.15) is 25.3 Å². The number of hydrogen-bond acceptors (Lipinski definition) is 5. The maximum atomic E-state index is 12.5. The smallest absolute Gasteiger partial charge is 0.237 e. The minimum atomic E-state index is -3.51. The molecule has 1 amide bonds. The van der Waals surface area contributed by atoms with Crippen molar-refractivity contribution in [3.8, 4) is 11.5 Å². The van der Waals surface area contributed by atoms with Crippen molar-refractivity contribution < 1.29 is 22.7 Å². The minimum absolute atomic E-state index is 0.130. The molecule has 2 aliphatic rings. The third kappa shape index (κ3) is 4.43. The van der Waals surface area contributed by atoms with Gasteiger partial charge in [0.15, 0.2) is 11.5 Å². The van der Waals surface area contributed by atoms with Crippen LogP contribution in [0, 0.1) is 5.92 Å². The molecule has 1 saturated heterocycles. The number of carbonyl (C=O) groups is 1. The van der Waals surface area contributed by atoms with Gasteiger partial charge in [-0.1, -0.05) is 13.0 Å². The van der Waals surface area contributed by atoms with Gasteiger partial charge in [0, 0.05) is 19.6 Å². The molecule has 0 bridgehead atoms. The van der Waals surface area contributed by atoms with Gasteiger partial charge in [-0.3, -0.25) is 4.79 Å². The third-order valence-corrected chi connectivity index (χ3v) is 5.91. The highest BCUT2D eigenvalue weighted by molar-refractivity contribution is 7.88. The van der Waals surface area contributed by atoms with Crippen LogP contribution in [0.25, 0.3) is 0 Å². The molecule has 138 valence electrons. The Morgan fingerprint density at radius 3 is 2.60 bits per heavy atom. The number of likely N-dealkylation sites (tertiary alicyclic amines) is 1. The van der Waals surface area contributed by atoms with Crippen LogP contribution in [-0.2, 0) is 21.4 Å². The van der Waals surface area contributed by atoms with E-state index in [1.54, 1.807) is 23.1 Å². The number of sulfonamides is 1. The van der Waals surface area contributed by atoms with Crippen LogP contribution >= 0.6 is 0 Å². The van der Waals surface area contributed by atoms with E-state index in [0.29, 0.717) is 30.5 Å². The number of fused-ring (bicyclic) bond motifs is 1. The van der Waals surface area contributed by atoms with E-state index in [-0.39, 0.29) is 25.8 Å². The first-order valence-corrected chi connectivity index (χ1v) is 10.3. The summed E-state index contributed by atoms with van der Waals surface area (Å²) in [5, 5.41) is 0. The average Bonchev–Trinajstić information content (AvgIpc) is 3.01. The molecule has 3 rings (SSSR count). The summed E-state index contributed by atoms with van der Waals surface area (Å²) in [5.74, 6) is 1.72. The summed E-state index contributed by atoms with van der Waals surface area (Å²) in [6.45, 7) is 3.72. The third-order valence-electron chi connectivity index (χ3n) is 4.71. The molecule has 0 N–H and O–H groups in total.